The van der Waals surface area contributed by atoms with Gasteiger partial charge in [0.15, 0.2) is 5.79 Å². The number of ether oxygens (including phenoxy) is 3. The summed E-state index contributed by atoms with van der Waals surface area (Å²) in [7, 11) is 1.59. The number of nitrogens with zero attached hydrogens (tertiary/aromatic N) is 1. The first-order valence-electron chi connectivity index (χ1n) is 9.35. The van der Waals surface area contributed by atoms with Crippen LogP contribution in [0.25, 0.3) is 0 Å². The van der Waals surface area contributed by atoms with Crippen LogP contribution in [0.2, 0.25) is 0 Å². The van der Waals surface area contributed by atoms with Gasteiger partial charge in [0.2, 0.25) is 11.8 Å². The standard InChI is InChI=1S/C20H28N2O5/c1-19(2,17(23)21-14-15-6-4-5-7-16(15)25-3)18(24)22-10-8-20(9-11-22)26-12-13-27-20/h4-7H,8-14H2,1-3H3,(H,21,23). The van der Waals surface area contributed by atoms with E-state index in [1.54, 1.807) is 25.9 Å². The molecule has 7 heteroatoms. The summed E-state index contributed by atoms with van der Waals surface area (Å²) < 4.78 is 16.7. The fourth-order valence-electron chi connectivity index (χ4n) is 3.57. The summed E-state index contributed by atoms with van der Waals surface area (Å²) in [5.74, 6) is -0.299. The predicted octanol–water partition coefficient (Wildman–Crippen LogP) is 1.70. The zero-order valence-corrected chi connectivity index (χ0v) is 16.2. The number of hydrogen-bond donors (Lipinski definition) is 1. The molecule has 1 aromatic carbocycles. The van der Waals surface area contributed by atoms with Gasteiger partial charge in [0.25, 0.3) is 0 Å². The molecule has 148 valence electrons. The maximum atomic E-state index is 13.0. The van der Waals surface area contributed by atoms with Crippen LogP contribution in [0.15, 0.2) is 24.3 Å². The molecule has 0 aliphatic carbocycles. The minimum absolute atomic E-state index is 0.173. The van der Waals surface area contributed by atoms with Gasteiger partial charge < -0.3 is 24.4 Å². The van der Waals surface area contributed by atoms with Crippen molar-refractivity contribution in [1.82, 2.24) is 10.2 Å². The fourth-order valence-corrected chi connectivity index (χ4v) is 3.57. The number of para-hydroxylation sites is 1. The van der Waals surface area contributed by atoms with Crippen molar-refractivity contribution in [3.8, 4) is 5.75 Å². The number of amides is 2. The molecule has 2 aliphatic heterocycles. The van der Waals surface area contributed by atoms with Crippen molar-refractivity contribution in [3.63, 3.8) is 0 Å². The van der Waals surface area contributed by atoms with Gasteiger partial charge in [-0.3, -0.25) is 9.59 Å². The Labute approximate surface area is 160 Å². The number of benzene rings is 1. The van der Waals surface area contributed by atoms with E-state index in [9.17, 15) is 9.59 Å². The van der Waals surface area contributed by atoms with Crippen LogP contribution < -0.4 is 10.1 Å². The summed E-state index contributed by atoms with van der Waals surface area (Å²) in [4.78, 5) is 27.4. The normalized spacial score (nSPS) is 19.1. The molecule has 2 fully saturated rings. The molecular formula is C20H28N2O5. The highest BCUT2D eigenvalue weighted by atomic mass is 16.7. The lowest BCUT2D eigenvalue weighted by molar-refractivity contribution is -0.189. The third kappa shape index (κ3) is 4.09. The molecule has 3 rings (SSSR count). The number of hydrogen-bond acceptors (Lipinski definition) is 5. The second kappa shape index (κ2) is 7.86. The van der Waals surface area contributed by atoms with E-state index in [0.717, 1.165) is 5.56 Å². The smallest absolute Gasteiger partial charge is 0.237 e. The van der Waals surface area contributed by atoms with Crippen LogP contribution in [-0.2, 0) is 25.6 Å². The molecule has 1 aromatic rings. The molecule has 1 N–H and O–H groups in total. The molecule has 2 aliphatic rings. The fraction of sp³-hybridized carbons (Fsp3) is 0.600. The topological polar surface area (TPSA) is 77.1 Å². The van der Waals surface area contributed by atoms with Crippen LogP contribution >= 0.6 is 0 Å². The predicted molar refractivity (Wildman–Crippen MR) is 99.1 cm³/mol. The molecule has 0 bridgehead atoms. The summed E-state index contributed by atoms with van der Waals surface area (Å²) in [5, 5.41) is 2.87. The van der Waals surface area contributed by atoms with E-state index in [-0.39, 0.29) is 11.8 Å². The molecule has 0 saturated carbocycles. The van der Waals surface area contributed by atoms with E-state index in [0.29, 0.717) is 51.4 Å². The molecule has 0 aromatic heterocycles. The van der Waals surface area contributed by atoms with Crippen LogP contribution in [0.3, 0.4) is 0 Å². The minimum Gasteiger partial charge on any atom is -0.496 e. The van der Waals surface area contributed by atoms with Crippen molar-refractivity contribution in [3.05, 3.63) is 29.8 Å². The Morgan fingerprint density at radius 1 is 1.19 bits per heavy atom. The van der Waals surface area contributed by atoms with Crippen molar-refractivity contribution in [2.45, 2.75) is 39.0 Å². The molecule has 0 radical (unpaired) electrons. The van der Waals surface area contributed by atoms with Gasteiger partial charge in [-0.25, -0.2) is 0 Å². The van der Waals surface area contributed by atoms with Crippen LogP contribution in [0.1, 0.15) is 32.3 Å². The van der Waals surface area contributed by atoms with E-state index in [1.807, 2.05) is 24.3 Å². The van der Waals surface area contributed by atoms with E-state index >= 15 is 0 Å². The molecule has 27 heavy (non-hydrogen) atoms. The second-order valence-electron chi connectivity index (χ2n) is 7.52. The highest BCUT2D eigenvalue weighted by Gasteiger charge is 2.45. The first-order valence-corrected chi connectivity index (χ1v) is 9.35. The van der Waals surface area contributed by atoms with Gasteiger partial charge in [0.05, 0.1) is 20.3 Å². The quantitative estimate of drug-likeness (QED) is 0.792. The third-order valence-corrected chi connectivity index (χ3v) is 5.36. The lowest BCUT2D eigenvalue weighted by Crippen LogP contribution is -2.54. The van der Waals surface area contributed by atoms with Gasteiger partial charge in [-0.1, -0.05) is 18.2 Å². The van der Waals surface area contributed by atoms with Crippen LogP contribution in [0.4, 0.5) is 0 Å². The average molecular weight is 376 g/mol. The maximum absolute atomic E-state index is 13.0. The summed E-state index contributed by atoms with van der Waals surface area (Å²) in [6.45, 7) is 5.91. The SMILES string of the molecule is COc1ccccc1CNC(=O)C(C)(C)C(=O)N1CCC2(CC1)OCCO2. The Bertz CT molecular complexity index is 687. The van der Waals surface area contributed by atoms with Crippen molar-refractivity contribution >= 4 is 11.8 Å². The summed E-state index contributed by atoms with van der Waals surface area (Å²) in [5.41, 5.74) is -0.281. The number of carbonyl (C=O) groups excluding carboxylic acids is 2. The van der Waals surface area contributed by atoms with Crippen LogP contribution in [0, 0.1) is 5.41 Å². The average Bonchev–Trinajstić information content (AvgIpc) is 3.14. The molecular weight excluding hydrogens is 348 g/mol. The van der Waals surface area contributed by atoms with Crippen LogP contribution in [-0.4, -0.2) is 55.9 Å². The number of rotatable bonds is 5. The molecule has 0 unspecified atom stereocenters. The molecule has 0 atom stereocenters. The Hall–Kier alpha value is -2.12. The van der Waals surface area contributed by atoms with E-state index in [2.05, 4.69) is 5.32 Å². The van der Waals surface area contributed by atoms with Crippen molar-refractivity contribution < 1.29 is 23.8 Å². The highest BCUT2D eigenvalue weighted by Crippen LogP contribution is 2.33. The Morgan fingerprint density at radius 2 is 1.81 bits per heavy atom. The van der Waals surface area contributed by atoms with Gasteiger partial charge in [0, 0.05) is 38.0 Å². The largest absolute Gasteiger partial charge is 0.496 e. The molecule has 2 amide bonds. The first-order chi connectivity index (χ1) is 12.9. The summed E-state index contributed by atoms with van der Waals surface area (Å²) in [6, 6.07) is 7.49. The highest BCUT2D eigenvalue weighted by molar-refractivity contribution is 6.04. The van der Waals surface area contributed by atoms with Gasteiger partial charge in [-0.05, 0) is 19.9 Å². The molecule has 1 spiro atoms. The van der Waals surface area contributed by atoms with Gasteiger partial charge >= 0.3 is 0 Å². The van der Waals surface area contributed by atoms with Gasteiger partial charge in [-0.15, -0.1) is 0 Å². The zero-order chi connectivity index (χ0) is 19.5. The van der Waals surface area contributed by atoms with Crippen LogP contribution in [0.5, 0.6) is 5.75 Å². The first kappa shape index (κ1) is 19.6. The van der Waals surface area contributed by atoms with Gasteiger partial charge in [-0.2, -0.15) is 0 Å². The van der Waals surface area contributed by atoms with E-state index in [4.69, 9.17) is 14.2 Å². The van der Waals surface area contributed by atoms with Crippen molar-refractivity contribution in [1.29, 1.82) is 0 Å². The maximum Gasteiger partial charge on any atom is 0.237 e. The number of carbonyl (C=O) groups is 2. The van der Waals surface area contributed by atoms with Gasteiger partial charge in [0.1, 0.15) is 11.2 Å². The Balaban J connectivity index is 1.57. The number of methoxy groups -OCH3 is 1. The van der Waals surface area contributed by atoms with Crippen molar-refractivity contribution in [2.24, 2.45) is 5.41 Å². The van der Waals surface area contributed by atoms with E-state index in [1.165, 1.54) is 0 Å². The molecule has 2 heterocycles. The number of likely N-dealkylation sites (tertiary alicyclic amines) is 1. The number of piperidine rings is 1. The zero-order valence-electron chi connectivity index (χ0n) is 16.2. The summed E-state index contributed by atoms with van der Waals surface area (Å²) in [6.07, 6.45) is 1.27. The lowest BCUT2D eigenvalue weighted by Gasteiger charge is -2.40. The monoisotopic (exact) mass is 376 g/mol. The Morgan fingerprint density at radius 3 is 2.44 bits per heavy atom. The minimum atomic E-state index is -1.15. The van der Waals surface area contributed by atoms with E-state index < -0.39 is 11.2 Å². The third-order valence-electron chi connectivity index (χ3n) is 5.36. The molecule has 7 nitrogen and oxygen atoms in total. The number of nitrogens with one attached hydrogen (secondary N) is 1. The summed E-state index contributed by atoms with van der Waals surface area (Å²) >= 11 is 0. The molecule has 2 saturated heterocycles. The lowest BCUT2D eigenvalue weighted by atomic mass is 9.88. The Kier molecular flexibility index (Phi) is 5.72. The second-order valence-corrected chi connectivity index (χ2v) is 7.52. The van der Waals surface area contributed by atoms with Crippen molar-refractivity contribution in [2.75, 3.05) is 33.4 Å².